The standard InChI is InChI=1S/C20H32FN9O7P2S2/c21-15-11(25-14-1-2-23-8-24-14)5-10-7-35-38(32,40)36-13-4-9(6-34-39(33,41)37-17(10)15)3-12(13)30-18-16(28-29-30)19(31)27-20(22)26-18/h1-2,8-13,15-18,20,26,28-29H,3-7,22H2,(H,27,31)(H,32,40)(H,33,41)(H,23,24,25)/t9-,10+,11+,12+,13+,15-,16?,17+,18?,20?,38?,39?/m0/s1. The van der Waals surface area contributed by atoms with Gasteiger partial charge in [-0.2, -0.15) is 5.53 Å². The van der Waals surface area contributed by atoms with Gasteiger partial charge in [0.1, 0.15) is 42.9 Å². The van der Waals surface area contributed by atoms with Gasteiger partial charge in [-0.05, 0) is 43.1 Å². The van der Waals surface area contributed by atoms with Gasteiger partial charge in [0.05, 0.1) is 31.4 Å². The number of fused-ring (bicyclic) bond motifs is 4. The number of rotatable bonds is 3. The zero-order valence-electron chi connectivity index (χ0n) is 21.5. The van der Waals surface area contributed by atoms with E-state index in [-0.39, 0.29) is 31.5 Å². The van der Waals surface area contributed by atoms with E-state index in [0.717, 1.165) is 0 Å². The number of hydrogen-bond acceptors (Lipinski definition) is 15. The molecule has 1 aromatic rings. The van der Waals surface area contributed by atoms with Crippen LogP contribution in [0.15, 0.2) is 18.6 Å². The molecule has 12 atom stereocenters. The van der Waals surface area contributed by atoms with Crippen LogP contribution in [0.5, 0.6) is 0 Å². The third-order valence-corrected chi connectivity index (χ3v) is 11.1. The molecule has 8 N–H and O–H groups in total. The molecule has 5 aliphatic rings. The van der Waals surface area contributed by atoms with Crippen molar-refractivity contribution in [1.82, 2.24) is 36.6 Å². The highest BCUT2D eigenvalue weighted by Gasteiger charge is 2.53. The molecule has 6 rings (SSSR count). The summed E-state index contributed by atoms with van der Waals surface area (Å²) in [5.74, 6) is -0.778. The van der Waals surface area contributed by atoms with Crippen LogP contribution in [0.3, 0.4) is 0 Å². The topological polar surface area (TPSA) is 206 Å². The van der Waals surface area contributed by atoms with E-state index < -0.39 is 68.4 Å². The Labute approximate surface area is 245 Å². The lowest BCUT2D eigenvalue weighted by atomic mass is 10.1. The van der Waals surface area contributed by atoms with E-state index in [9.17, 15) is 14.3 Å². The summed E-state index contributed by atoms with van der Waals surface area (Å²) in [7, 11) is 0. The number of aromatic nitrogens is 2. The van der Waals surface area contributed by atoms with E-state index in [0.29, 0.717) is 18.7 Å². The van der Waals surface area contributed by atoms with E-state index in [4.69, 9.17) is 35.6 Å². The molecule has 1 aromatic heterocycles. The molecule has 0 radical (unpaired) electrons. The summed E-state index contributed by atoms with van der Waals surface area (Å²) in [5, 5.41) is 10.5. The zero-order valence-corrected chi connectivity index (χ0v) is 25.0. The lowest BCUT2D eigenvalue weighted by Gasteiger charge is -2.38. The van der Waals surface area contributed by atoms with Crippen LogP contribution in [0.1, 0.15) is 19.3 Å². The van der Waals surface area contributed by atoms with Gasteiger partial charge in [0, 0.05) is 12.1 Å². The summed E-state index contributed by atoms with van der Waals surface area (Å²) >= 11 is 9.50. The molecular weight excluding hydrogens is 623 g/mol. The Hall–Kier alpha value is -0.890. The molecule has 2 bridgehead atoms. The van der Waals surface area contributed by atoms with Crippen molar-refractivity contribution in [1.29, 1.82) is 0 Å². The van der Waals surface area contributed by atoms with Crippen molar-refractivity contribution in [3.05, 3.63) is 18.6 Å². The van der Waals surface area contributed by atoms with Crippen LogP contribution in [0.4, 0.5) is 10.2 Å². The van der Waals surface area contributed by atoms with Crippen molar-refractivity contribution in [3.8, 4) is 0 Å². The fraction of sp³-hybridized carbons (Fsp3) is 0.750. The largest absolute Gasteiger partial charge is 0.386 e. The molecule has 3 aliphatic heterocycles. The number of hydrazine groups is 2. The molecule has 5 unspecified atom stereocenters. The Balaban J connectivity index is 1.21. The number of carbonyl (C=O) groups is 1. The maximum atomic E-state index is 15.7. The maximum absolute atomic E-state index is 15.7. The van der Waals surface area contributed by atoms with Crippen molar-refractivity contribution in [3.63, 3.8) is 0 Å². The van der Waals surface area contributed by atoms with Crippen LogP contribution in [-0.2, 0) is 39.3 Å². The van der Waals surface area contributed by atoms with Crippen LogP contribution in [-0.4, -0.2) is 88.0 Å². The molecule has 1 amide bonds. The van der Waals surface area contributed by atoms with Crippen LogP contribution in [0, 0.1) is 11.8 Å². The number of alkyl halides is 1. The number of nitrogens with one attached hydrogen (secondary N) is 5. The number of carbonyl (C=O) groups excluding carboxylic acids is 1. The number of nitrogens with zero attached hydrogens (tertiary/aromatic N) is 3. The number of thiol groups is 1. The molecule has 0 aromatic carbocycles. The number of halogens is 1. The second-order valence-corrected chi connectivity index (χ2v) is 16.3. The van der Waals surface area contributed by atoms with Gasteiger partial charge in [0.15, 0.2) is 0 Å². The van der Waals surface area contributed by atoms with E-state index in [2.05, 4.69) is 49.1 Å². The Kier molecular flexibility index (Phi) is 8.75. The van der Waals surface area contributed by atoms with Gasteiger partial charge in [0.2, 0.25) is 5.91 Å². The maximum Gasteiger partial charge on any atom is 0.386 e. The summed E-state index contributed by atoms with van der Waals surface area (Å²) in [6.07, 6.45) is -0.980. The van der Waals surface area contributed by atoms with E-state index in [1.807, 2.05) is 0 Å². The van der Waals surface area contributed by atoms with Crippen molar-refractivity contribution >= 4 is 49.3 Å². The summed E-state index contributed by atoms with van der Waals surface area (Å²) in [6, 6.07) is -0.252. The lowest BCUT2D eigenvalue weighted by molar-refractivity contribution is -0.127. The predicted octanol–water partition coefficient (Wildman–Crippen LogP) is -0.553. The number of hydrogen-bond donors (Lipinski definition) is 8. The van der Waals surface area contributed by atoms with Crippen LogP contribution in [0.2, 0.25) is 0 Å². The minimum Gasteiger partial charge on any atom is -0.364 e. The van der Waals surface area contributed by atoms with E-state index in [1.165, 1.54) is 12.5 Å². The molecule has 2 aliphatic carbocycles. The Bertz CT molecular complexity index is 1230. The van der Waals surface area contributed by atoms with Gasteiger partial charge in [-0.15, -0.1) is 0 Å². The summed E-state index contributed by atoms with van der Waals surface area (Å²) in [4.78, 5) is 31.3. The highest BCUT2D eigenvalue weighted by Crippen LogP contribution is 2.58. The summed E-state index contributed by atoms with van der Waals surface area (Å²) in [6.45, 7) is -8.11. The third-order valence-electron chi connectivity index (χ3n) is 7.91. The Morgan fingerprint density at radius 1 is 1.27 bits per heavy atom. The molecule has 41 heavy (non-hydrogen) atoms. The van der Waals surface area contributed by atoms with Gasteiger partial charge >= 0.3 is 13.5 Å². The zero-order chi connectivity index (χ0) is 28.9. The van der Waals surface area contributed by atoms with Crippen molar-refractivity contribution in [2.45, 2.75) is 68.2 Å². The molecule has 228 valence electrons. The minimum atomic E-state index is -3.97. The monoisotopic (exact) mass is 655 g/mol. The minimum absolute atomic E-state index is 0.0123. The summed E-state index contributed by atoms with van der Waals surface area (Å²) < 4.78 is 52.2. The van der Waals surface area contributed by atoms with E-state index >= 15 is 4.39 Å². The Morgan fingerprint density at radius 2 is 2.10 bits per heavy atom. The van der Waals surface area contributed by atoms with Gasteiger partial charge in [-0.3, -0.25) is 20.4 Å². The second-order valence-electron chi connectivity index (χ2n) is 10.7. The third kappa shape index (κ3) is 6.63. The molecule has 2 saturated carbocycles. The SMILES string of the molecule is NC1NC(=O)C2NNN([C@@H]3C[C@@H]4COP(O)(=S)O[C@@H]5[C@@H](COP(=O)(S)O[C@@H]3C4)C[C@@H](Nc3ccncn3)[C@@H]5F)C2N1. The van der Waals surface area contributed by atoms with Crippen molar-refractivity contribution in [2.75, 3.05) is 18.5 Å². The van der Waals surface area contributed by atoms with Crippen molar-refractivity contribution < 1.29 is 36.7 Å². The first-order chi connectivity index (χ1) is 19.5. The fourth-order valence-corrected chi connectivity index (χ4v) is 9.19. The Morgan fingerprint density at radius 3 is 2.88 bits per heavy atom. The number of anilines is 1. The molecule has 21 heteroatoms. The number of amides is 1. The van der Waals surface area contributed by atoms with Crippen LogP contribution >= 0.6 is 25.8 Å². The molecular formula is C20H32FN9O7P2S2. The first-order valence-corrected chi connectivity index (χ1v) is 18.4. The molecule has 3 saturated heterocycles. The van der Waals surface area contributed by atoms with Crippen LogP contribution < -0.4 is 32.6 Å². The van der Waals surface area contributed by atoms with Gasteiger partial charge in [-0.1, -0.05) is 12.2 Å². The van der Waals surface area contributed by atoms with Gasteiger partial charge in [-0.25, -0.2) is 29.4 Å². The van der Waals surface area contributed by atoms with Gasteiger partial charge < -0.3 is 29.1 Å². The van der Waals surface area contributed by atoms with E-state index in [1.54, 1.807) is 11.1 Å². The average molecular weight is 656 g/mol. The highest BCUT2D eigenvalue weighted by molar-refractivity contribution is 8.44. The second kappa shape index (κ2) is 11.9. The molecule has 4 heterocycles. The normalized spacial score (nSPS) is 47.4. The molecule has 5 fully saturated rings. The quantitative estimate of drug-likeness (QED) is 0.152. The van der Waals surface area contributed by atoms with Gasteiger partial charge in [0.25, 0.3) is 0 Å². The fourth-order valence-electron chi connectivity index (χ4n) is 6.08. The number of nitrogens with two attached hydrogens (primary N) is 1. The smallest absolute Gasteiger partial charge is 0.364 e. The first-order valence-electron chi connectivity index (χ1n) is 13.1. The molecule has 0 spiro atoms. The highest BCUT2D eigenvalue weighted by atomic mass is 32.7. The first kappa shape index (κ1) is 30.1. The summed E-state index contributed by atoms with van der Waals surface area (Å²) in [5.41, 5.74) is 11.8. The molecule has 16 nitrogen and oxygen atoms in total. The van der Waals surface area contributed by atoms with Crippen LogP contribution in [0.25, 0.3) is 0 Å². The van der Waals surface area contributed by atoms with Crippen molar-refractivity contribution in [2.24, 2.45) is 17.6 Å². The lowest BCUT2D eigenvalue weighted by Crippen LogP contribution is -2.71. The average Bonchev–Trinajstić information content (AvgIpc) is 3.58. The predicted molar refractivity (Wildman–Crippen MR) is 149 cm³/mol.